The lowest BCUT2D eigenvalue weighted by atomic mass is 9.73. The molecule has 2 heterocycles. The van der Waals surface area contributed by atoms with E-state index in [-0.39, 0.29) is 17.8 Å². The van der Waals surface area contributed by atoms with E-state index in [2.05, 4.69) is 5.32 Å². The zero-order valence-corrected chi connectivity index (χ0v) is 16.0. The highest BCUT2D eigenvalue weighted by Gasteiger charge is 2.41. The van der Waals surface area contributed by atoms with Gasteiger partial charge in [-0.05, 0) is 48.2 Å². The van der Waals surface area contributed by atoms with Crippen molar-refractivity contribution >= 4 is 17.7 Å². The van der Waals surface area contributed by atoms with E-state index in [0.717, 1.165) is 16.8 Å². The second-order valence-corrected chi connectivity index (χ2v) is 7.32. The van der Waals surface area contributed by atoms with E-state index in [0.29, 0.717) is 45.8 Å². The van der Waals surface area contributed by atoms with Gasteiger partial charge >= 0.3 is 6.09 Å². The van der Waals surface area contributed by atoms with Crippen molar-refractivity contribution in [1.82, 2.24) is 5.32 Å². The summed E-state index contributed by atoms with van der Waals surface area (Å²) < 4.78 is 23.8. The maximum atomic E-state index is 13.4. The predicted molar refractivity (Wildman–Crippen MR) is 105 cm³/mol. The van der Waals surface area contributed by atoms with E-state index < -0.39 is 5.41 Å². The Bertz CT molecular complexity index is 894. The molecule has 0 saturated carbocycles. The molecule has 29 heavy (non-hydrogen) atoms. The van der Waals surface area contributed by atoms with Crippen LogP contribution in [0.2, 0.25) is 0 Å². The van der Waals surface area contributed by atoms with Crippen LogP contribution in [0.1, 0.15) is 24.0 Å². The van der Waals surface area contributed by atoms with Crippen LogP contribution in [0.15, 0.2) is 48.5 Å². The van der Waals surface area contributed by atoms with E-state index >= 15 is 0 Å². The van der Waals surface area contributed by atoms with Gasteiger partial charge in [0, 0.05) is 25.4 Å². The first kappa shape index (κ1) is 19.4. The maximum absolute atomic E-state index is 13.4. The van der Waals surface area contributed by atoms with Crippen molar-refractivity contribution in [1.29, 1.82) is 0 Å². The zero-order chi connectivity index (χ0) is 20.3. The Morgan fingerprint density at radius 3 is 2.55 bits per heavy atom. The molecule has 0 unspecified atom stereocenters. The van der Waals surface area contributed by atoms with Gasteiger partial charge in [0.15, 0.2) is 0 Å². The number of rotatable bonds is 5. The monoisotopic (exact) mass is 398 g/mol. The summed E-state index contributed by atoms with van der Waals surface area (Å²) in [6.45, 7) is 2.19. The van der Waals surface area contributed by atoms with Crippen molar-refractivity contribution in [3.05, 3.63) is 65.5 Å². The van der Waals surface area contributed by atoms with E-state index in [4.69, 9.17) is 9.47 Å². The summed E-state index contributed by atoms with van der Waals surface area (Å²) in [5.74, 6) is -0.424. The van der Waals surface area contributed by atoms with E-state index in [1.807, 2.05) is 24.3 Å². The summed E-state index contributed by atoms with van der Waals surface area (Å²) in [6, 6.07) is 13.6. The lowest BCUT2D eigenvalue weighted by Crippen LogP contribution is -2.47. The number of hydrogen-bond acceptors (Lipinski definition) is 4. The second-order valence-electron chi connectivity index (χ2n) is 7.32. The van der Waals surface area contributed by atoms with Crippen LogP contribution < -0.4 is 10.2 Å². The number of nitrogens with one attached hydrogen (secondary N) is 1. The number of ether oxygens (including phenoxy) is 2. The van der Waals surface area contributed by atoms with Crippen LogP contribution in [0.4, 0.5) is 14.9 Å². The third-order valence-electron chi connectivity index (χ3n) is 5.61. The van der Waals surface area contributed by atoms with Crippen LogP contribution in [0, 0.1) is 5.82 Å². The molecule has 2 amide bonds. The molecule has 2 aromatic carbocycles. The molecule has 0 spiro atoms. The summed E-state index contributed by atoms with van der Waals surface area (Å²) in [5, 5.41) is 3.03. The van der Waals surface area contributed by atoms with Gasteiger partial charge in [0.25, 0.3) is 0 Å². The molecule has 2 aromatic rings. The number of hydrogen-bond donors (Lipinski definition) is 1. The predicted octanol–water partition coefficient (Wildman–Crippen LogP) is 3.15. The number of nitrogens with zero attached hydrogens (tertiary/aromatic N) is 1. The highest BCUT2D eigenvalue weighted by molar-refractivity contribution is 5.90. The average Bonchev–Trinajstić information content (AvgIpc) is 3.19. The standard InChI is InChI=1S/C22H23FN2O4/c23-18-6-4-17(5-7-18)22(8-11-28-12-9-22)20(26)24-15-16-2-1-3-19(14-16)25-10-13-29-21(25)27/h1-7,14H,8-13,15H2,(H,24,26). The molecular weight excluding hydrogens is 375 g/mol. The minimum absolute atomic E-state index is 0.0987. The van der Waals surface area contributed by atoms with E-state index in [9.17, 15) is 14.0 Å². The summed E-state index contributed by atoms with van der Waals surface area (Å²) in [7, 11) is 0. The normalized spacial score (nSPS) is 18.4. The topological polar surface area (TPSA) is 67.9 Å². The van der Waals surface area contributed by atoms with Gasteiger partial charge < -0.3 is 14.8 Å². The molecule has 152 valence electrons. The van der Waals surface area contributed by atoms with Gasteiger partial charge in [-0.3, -0.25) is 9.69 Å². The van der Waals surface area contributed by atoms with Gasteiger partial charge in [0.2, 0.25) is 5.91 Å². The summed E-state index contributed by atoms with van der Waals surface area (Å²) >= 11 is 0. The number of carbonyl (C=O) groups is 2. The number of benzene rings is 2. The van der Waals surface area contributed by atoms with E-state index in [1.165, 1.54) is 12.1 Å². The molecule has 0 atom stereocenters. The Morgan fingerprint density at radius 2 is 1.86 bits per heavy atom. The molecule has 6 nitrogen and oxygen atoms in total. The number of amides is 2. The summed E-state index contributed by atoms with van der Waals surface area (Å²) in [6.07, 6.45) is 0.734. The van der Waals surface area contributed by atoms with Crippen LogP contribution in [0.3, 0.4) is 0 Å². The van der Waals surface area contributed by atoms with Crippen LogP contribution in [-0.4, -0.2) is 38.4 Å². The van der Waals surface area contributed by atoms with Crippen molar-refractivity contribution in [3.63, 3.8) is 0 Å². The van der Waals surface area contributed by atoms with Gasteiger partial charge in [-0.15, -0.1) is 0 Å². The van der Waals surface area contributed by atoms with Crippen LogP contribution in [0.5, 0.6) is 0 Å². The minimum atomic E-state index is -0.734. The second kappa shape index (κ2) is 8.21. The fourth-order valence-corrected chi connectivity index (χ4v) is 3.95. The third-order valence-corrected chi connectivity index (χ3v) is 5.61. The minimum Gasteiger partial charge on any atom is -0.447 e. The number of anilines is 1. The van der Waals surface area contributed by atoms with Crippen molar-refractivity contribution < 1.29 is 23.5 Å². The van der Waals surface area contributed by atoms with Gasteiger partial charge in [0.05, 0.1) is 12.0 Å². The average molecular weight is 398 g/mol. The lowest BCUT2D eigenvalue weighted by Gasteiger charge is -2.36. The first-order valence-electron chi connectivity index (χ1n) is 9.74. The first-order chi connectivity index (χ1) is 14.1. The quantitative estimate of drug-likeness (QED) is 0.840. The Hall–Kier alpha value is -2.93. The van der Waals surface area contributed by atoms with Crippen molar-refractivity contribution in [2.24, 2.45) is 0 Å². The lowest BCUT2D eigenvalue weighted by molar-refractivity contribution is -0.130. The van der Waals surface area contributed by atoms with Gasteiger partial charge in [0.1, 0.15) is 12.4 Å². The maximum Gasteiger partial charge on any atom is 0.414 e. The van der Waals surface area contributed by atoms with Gasteiger partial charge in [-0.25, -0.2) is 9.18 Å². The Morgan fingerprint density at radius 1 is 1.10 bits per heavy atom. The highest BCUT2D eigenvalue weighted by Crippen LogP contribution is 2.35. The molecule has 2 aliphatic heterocycles. The summed E-state index contributed by atoms with van der Waals surface area (Å²) in [4.78, 5) is 26.6. The van der Waals surface area contributed by atoms with Crippen LogP contribution in [0.25, 0.3) is 0 Å². The summed E-state index contributed by atoms with van der Waals surface area (Å²) in [5.41, 5.74) is 1.70. The molecule has 2 aliphatic rings. The Kier molecular flexibility index (Phi) is 5.49. The smallest absolute Gasteiger partial charge is 0.414 e. The SMILES string of the molecule is O=C1OCCN1c1cccc(CNC(=O)C2(c3ccc(F)cc3)CCOCC2)c1. The molecule has 1 N–H and O–H groups in total. The van der Waals surface area contributed by atoms with E-state index in [1.54, 1.807) is 17.0 Å². The van der Waals surface area contributed by atoms with Gasteiger partial charge in [-0.2, -0.15) is 0 Å². The fraction of sp³-hybridized carbons (Fsp3) is 0.364. The molecule has 0 radical (unpaired) electrons. The Labute approximate surface area is 168 Å². The molecule has 2 fully saturated rings. The third kappa shape index (κ3) is 3.96. The molecule has 0 aromatic heterocycles. The van der Waals surface area contributed by atoms with Crippen molar-refractivity contribution in [3.8, 4) is 0 Å². The molecular formula is C22H23FN2O4. The van der Waals surface area contributed by atoms with Crippen molar-refractivity contribution in [2.75, 3.05) is 31.3 Å². The van der Waals surface area contributed by atoms with Crippen LogP contribution in [-0.2, 0) is 26.2 Å². The number of carbonyl (C=O) groups excluding carboxylic acids is 2. The molecule has 4 rings (SSSR count). The fourth-order valence-electron chi connectivity index (χ4n) is 3.95. The van der Waals surface area contributed by atoms with Crippen molar-refractivity contribution in [2.45, 2.75) is 24.8 Å². The molecule has 7 heteroatoms. The molecule has 0 bridgehead atoms. The highest BCUT2D eigenvalue weighted by atomic mass is 19.1. The Balaban J connectivity index is 1.50. The van der Waals surface area contributed by atoms with Crippen LogP contribution >= 0.6 is 0 Å². The van der Waals surface area contributed by atoms with Gasteiger partial charge in [-0.1, -0.05) is 24.3 Å². The largest absolute Gasteiger partial charge is 0.447 e. The first-order valence-corrected chi connectivity index (χ1v) is 9.74. The zero-order valence-electron chi connectivity index (χ0n) is 16.0. The molecule has 2 saturated heterocycles. The number of cyclic esters (lactones) is 1. The number of halogens is 1. The molecule has 0 aliphatic carbocycles.